The molecule has 0 saturated heterocycles. The van der Waals surface area contributed by atoms with Crippen molar-refractivity contribution >= 4 is 24.3 Å². The van der Waals surface area contributed by atoms with Gasteiger partial charge in [0.15, 0.2) is 0 Å². The lowest BCUT2D eigenvalue weighted by Gasteiger charge is -1.93. The summed E-state index contributed by atoms with van der Waals surface area (Å²) < 4.78 is 0. The summed E-state index contributed by atoms with van der Waals surface area (Å²) in [4.78, 5) is 52.2. The first-order chi connectivity index (χ1) is 11.8. The quantitative estimate of drug-likeness (QED) is 0.275. The molecule has 0 aromatic rings. The van der Waals surface area contributed by atoms with Gasteiger partial charge in [-0.05, 0) is 25.7 Å². The van der Waals surface area contributed by atoms with E-state index < -0.39 is 0 Å². The monoisotopic (exact) mass is 336 g/mol. The van der Waals surface area contributed by atoms with Crippen LogP contribution in [0.5, 0.6) is 0 Å². The van der Waals surface area contributed by atoms with Crippen LogP contribution in [0.3, 0.4) is 0 Å². The number of carbonyl (C=O) groups excluding carboxylic acids is 4. The summed E-state index contributed by atoms with van der Waals surface area (Å²) in [5.41, 5.74) is 0. The fraction of sp³-hybridized carbons (Fsp3) is 0.750. The van der Waals surface area contributed by atoms with Crippen molar-refractivity contribution in [1.29, 1.82) is 0 Å². The van der Waals surface area contributed by atoms with Gasteiger partial charge in [-0.1, -0.05) is 25.7 Å². The van der Waals surface area contributed by atoms with E-state index in [4.69, 9.17) is 0 Å². The molecule has 0 aromatic heterocycles. The Hall–Kier alpha value is -2.48. The Labute approximate surface area is 141 Å². The van der Waals surface area contributed by atoms with Crippen molar-refractivity contribution in [3.05, 3.63) is 0 Å². The largest absolute Gasteiger partial charge is 0.234 e. The van der Waals surface area contributed by atoms with E-state index in [2.05, 4.69) is 20.0 Å². The SMILES string of the molecule is O=C=NCCCCCCN=C=O.O=C=NCCCCCCN=C=O. The molecular formula is C16H24N4O4. The Bertz CT molecular complexity index is 382. The fourth-order valence-corrected chi connectivity index (χ4v) is 1.65. The maximum absolute atomic E-state index is 9.63. The van der Waals surface area contributed by atoms with Crippen LogP contribution in [-0.2, 0) is 19.2 Å². The van der Waals surface area contributed by atoms with Crippen molar-refractivity contribution in [2.45, 2.75) is 51.4 Å². The summed E-state index contributed by atoms with van der Waals surface area (Å²) >= 11 is 0. The molecule has 0 aliphatic rings. The molecule has 0 amide bonds. The first-order valence-electron chi connectivity index (χ1n) is 7.98. The van der Waals surface area contributed by atoms with E-state index in [1.807, 2.05) is 0 Å². The van der Waals surface area contributed by atoms with Crippen LogP contribution in [0.1, 0.15) is 51.4 Å². The molecular weight excluding hydrogens is 312 g/mol. The van der Waals surface area contributed by atoms with E-state index in [9.17, 15) is 19.2 Å². The Balaban J connectivity index is 0. The van der Waals surface area contributed by atoms with Crippen LogP contribution in [0.2, 0.25) is 0 Å². The minimum absolute atomic E-state index is 0.556. The summed E-state index contributed by atoms with van der Waals surface area (Å²) in [6.07, 6.45) is 13.6. The molecule has 0 fully saturated rings. The smallest absolute Gasteiger partial charge is 0.211 e. The van der Waals surface area contributed by atoms with Crippen LogP contribution in [0.15, 0.2) is 20.0 Å². The van der Waals surface area contributed by atoms with E-state index in [1.165, 1.54) is 24.3 Å². The Morgan fingerprint density at radius 3 is 0.750 bits per heavy atom. The van der Waals surface area contributed by atoms with Crippen LogP contribution in [-0.4, -0.2) is 50.5 Å². The normalized spacial score (nSPS) is 8.33. The third-order valence-electron chi connectivity index (χ3n) is 2.84. The zero-order valence-electron chi connectivity index (χ0n) is 13.9. The Morgan fingerprint density at radius 2 is 0.583 bits per heavy atom. The number of nitrogens with zero attached hydrogens (tertiary/aromatic N) is 4. The molecule has 0 unspecified atom stereocenters. The third kappa shape index (κ3) is 27.8. The van der Waals surface area contributed by atoms with Crippen LogP contribution in [0.4, 0.5) is 0 Å². The van der Waals surface area contributed by atoms with Crippen molar-refractivity contribution in [3.8, 4) is 0 Å². The molecule has 0 N–H and O–H groups in total. The topological polar surface area (TPSA) is 118 Å². The van der Waals surface area contributed by atoms with Crippen LogP contribution in [0.25, 0.3) is 0 Å². The van der Waals surface area contributed by atoms with Gasteiger partial charge in [-0.3, -0.25) is 0 Å². The lowest BCUT2D eigenvalue weighted by molar-refractivity contribution is 0.558. The van der Waals surface area contributed by atoms with Crippen molar-refractivity contribution in [2.75, 3.05) is 26.2 Å². The number of hydrogen-bond donors (Lipinski definition) is 0. The van der Waals surface area contributed by atoms with Crippen LogP contribution >= 0.6 is 0 Å². The number of isocyanates is 4. The van der Waals surface area contributed by atoms with Gasteiger partial charge in [-0.2, -0.15) is 0 Å². The molecule has 0 spiro atoms. The van der Waals surface area contributed by atoms with Crippen molar-refractivity contribution < 1.29 is 19.2 Å². The molecule has 0 aliphatic heterocycles. The van der Waals surface area contributed by atoms with Gasteiger partial charge in [0.05, 0.1) is 26.2 Å². The first-order valence-corrected chi connectivity index (χ1v) is 7.98. The van der Waals surface area contributed by atoms with Gasteiger partial charge < -0.3 is 0 Å². The second kappa shape index (κ2) is 25.5. The highest BCUT2D eigenvalue weighted by Gasteiger charge is 1.88. The van der Waals surface area contributed by atoms with Gasteiger partial charge in [-0.25, -0.2) is 39.1 Å². The average molecular weight is 336 g/mol. The van der Waals surface area contributed by atoms with Crippen LogP contribution < -0.4 is 0 Å². The molecule has 0 heterocycles. The van der Waals surface area contributed by atoms with Gasteiger partial charge in [-0.15, -0.1) is 0 Å². The second-order valence-corrected chi connectivity index (χ2v) is 4.72. The van der Waals surface area contributed by atoms with E-state index in [0.717, 1.165) is 51.4 Å². The molecule has 0 radical (unpaired) electrons. The zero-order valence-corrected chi connectivity index (χ0v) is 13.9. The third-order valence-corrected chi connectivity index (χ3v) is 2.84. The van der Waals surface area contributed by atoms with Gasteiger partial charge in [0.25, 0.3) is 0 Å². The molecule has 0 aromatic carbocycles. The Kier molecular flexibility index (Phi) is 25.2. The summed E-state index contributed by atoms with van der Waals surface area (Å²) in [5, 5.41) is 0. The highest BCUT2D eigenvalue weighted by atomic mass is 16.1. The summed E-state index contributed by atoms with van der Waals surface area (Å²) in [7, 11) is 0. The maximum Gasteiger partial charge on any atom is 0.234 e. The van der Waals surface area contributed by atoms with Gasteiger partial charge in [0, 0.05) is 0 Å². The van der Waals surface area contributed by atoms with Gasteiger partial charge in [0.1, 0.15) is 0 Å². The predicted molar refractivity (Wildman–Crippen MR) is 88.9 cm³/mol. The highest BCUT2D eigenvalue weighted by Crippen LogP contribution is 2.00. The molecule has 0 rings (SSSR count). The van der Waals surface area contributed by atoms with E-state index in [0.29, 0.717) is 26.2 Å². The highest BCUT2D eigenvalue weighted by molar-refractivity contribution is 5.33. The Morgan fingerprint density at radius 1 is 0.375 bits per heavy atom. The summed E-state index contributed by atoms with van der Waals surface area (Å²) in [5.74, 6) is 0. The molecule has 0 atom stereocenters. The second-order valence-electron chi connectivity index (χ2n) is 4.72. The van der Waals surface area contributed by atoms with Gasteiger partial charge in [0.2, 0.25) is 24.3 Å². The number of aliphatic imine (C=N–C) groups is 4. The predicted octanol–water partition coefficient (Wildman–Crippen LogP) is 2.44. The molecule has 8 heteroatoms. The van der Waals surface area contributed by atoms with Crippen molar-refractivity contribution in [1.82, 2.24) is 0 Å². The van der Waals surface area contributed by atoms with Crippen LogP contribution in [0, 0.1) is 0 Å². The van der Waals surface area contributed by atoms with E-state index in [-0.39, 0.29) is 0 Å². The fourth-order valence-electron chi connectivity index (χ4n) is 1.65. The van der Waals surface area contributed by atoms with Crippen molar-refractivity contribution in [2.24, 2.45) is 20.0 Å². The number of unbranched alkanes of at least 4 members (excludes halogenated alkanes) is 6. The number of hydrogen-bond acceptors (Lipinski definition) is 8. The van der Waals surface area contributed by atoms with E-state index in [1.54, 1.807) is 0 Å². The lowest BCUT2D eigenvalue weighted by atomic mass is 10.2. The van der Waals surface area contributed by atoms with Gasteiger partial charge >= 0.3 is 0 Å². The maximum atomic E-state index is 9.63. The van der Waals surface area contributed by atoms with Crippen molar-refractivity contribution in [3.63, 3.8) is 0 Å². The average Bonchev–Trinajstić information content (AvgIpc) is 2.60. The lowest BCUT2D eigenvalue weighted by Crippen LogP contribution is -1.84. The molecule has 8 nitrogen and oxygen atoms in total. The zero-order chi connectivity index (χ0) is 18.1. The molecule has 132 valence electrons. The minimum atomic E-state index is 0.556. The molecule has 0 bridgehead atoms. The molecule has 24 heavy (non-hydrogen) atoms. The molecule has 0 saturated carbocycles. The summed E-state index contributed by atoms with van der Waals surface area (Å²) in [6.45, 7) is 2.22. The first kappa shape index (κ1) is 23.8. The molecule has 0 aliphatic carbocycles. The summed E-state index contributed by atoms with van der Waals surface area (Å²) in [6, 6.07) is 0. The minimum Gasteiger partial charge on any atom is -0.211 e. The van der Waals surface area contributed by atoms with E-state index >= 15 is 0 Å². The number of rotatable bonds is 14. The standard InChI is InChI=1S/2C8H12N2O2/c2*11-7-9-5-3-1-2-4-6-10-8-12/h2*1-6H2.